The molecule has 0 unspecified atom stereocenters. The van der Waals surface area contributed by atoms with Gasteiger partial charge in [-0.25, -0.2) is 0 Å². The molecular weight excluding hydrogens is 560 g/mol. The monoisotopic (exact) mass is 600 g/mol. The molecular formula is C40H40O5. The van der Waals surface area contributed by atoms with E-state index in [2.05, 4.69) is 60.7 Å². The van der Waals surface area contributed by atoms with Crippen LogP contribution in [0.3, 0.4) is 0 Å². The summed E-state index contributed by atoms with van der Waals surface area (Å²) >= 11 is 0. The van der Waals surface area contributed by atoms with Crippen LogP contribution in [0.25, 0.3) is 0 Å². The molecule has 5 aromatic carbocycles. The molecule has 0 aromatic heterocycles. The summed E-state index contributed by atoms with van der Waals surface area (Å²) in [6.07, 6.45) is -2.13. The lowest BCUT2D eigenvalue weighted by Gasteiger charge is -2.46. The summed E-state index contributed by atoms with van der Waals surface area (Å²) < 4.78 is 33.6. The summed E-state index contributed by atoms with van der Waals surface area (Å²) in [5.41, 5.74) is 5.38. The fourth-order valence-corrected chi connectivity index (χ4v) is 5.70. The van der Waals surface area contributed by atoms with Crippen molar-refractivity contribution < 1.29 is 23.7 Å². The van der Waals surface area contributed by atoms with E-state index in [1.165, 1.54) is 0 Å². The van der Waals surface area contributed by atoms with E-state index in [1.807, 2.05) is 91.0 Å². The maximum Gasteiger partial charge on any atom is 0.117 e. The maximum absolute atomic E-state index is 6.94. The van der Waals surface area contributed by atoms with E-state index < -0.39 is 30.5 Å². The minimum absolute atomic E-state index is 0.342. The topological polar surface area (TPSA) is 46.2 Å². The molecule has 1 heterocycles. The zero-order chi connectivity index (χ0) is 30.5. The Kier molecular flexibility index (Phi) is 11.2. The lowest BCUT2D eigenvalue weighted by Crippen LogP contribution is -2.58. The van der Waals surface area contributed by atoms with E-state index in [-0.39, 0.29) is 0 Å². The van der Waals surface area contributed by atoms with Crippen LogP contribution >= 0.6 is 0 Å². The Morgan fingerprint density at radius 3 is 1.24 bits per heavy atom. The molecule has 5 atom stereocenters. The van der Waals surface area contributed by atoms with Crippen molar-refractivity contribution in [3.05, 3.63) is 179 Å². The van der Waals surface area contributed by atoms with Crippen molar-refractivity contribution in [2.45, 2.75) is 56.9 Å². The molecule has 1 aliphatic heterocycles. The Labute approximate surface area is 266 Å². The van der Waals surface area contributed by atoms with E-state index in [0.29, 0.717) is 33.0 Å². The second kappa shape index (κ2) is 16.3. The van der Waals surface area contributed by atoms with Crippen LogP contribution in [0, 0.1) is 0 Å². The van der Waals surface area contributed by atoms with Gasteiger partial charge in [-0.05, 0) is 27.8 Å². The Balaban J connectivity index is 1.32. The van der Waals surface area contributed by atoms with Gasteiger partial charge in [0.15, 0.2) is 0 Å². The number of hydrogen-bond donors (Lipinski definition) is 0. The van der Waals surface area contributed by atoms with Crippen LogP contribution in [0.2, 0.25) is 0 Å². The van der Waals surface area contributed by atoms with Gasteiger partial charge in [0.05, 0.1) is 33.0 Å². The Morgan fingerprint density at radius 1 is 0.400 bits per heavy atom. The smallest absolute Gasteiger partial charge is 0.117 e. The summed E-state index contributed by atoms with van der Waals surface area (Å²) in [6.45, 7) is 2.07. The van der Waals surface area contributed by atoms with E-state index >= 15 is 0 Å². The normalized spacial score (nSPS) is 21.4. The molecule has 45 heavy (non-hydrogen) atoms. The lowest BCUT2D eigenvalue weighted by molar-refractivity contribution is -0.275. The Morgan fingerprint density at radius 2 is 0.778 bits per heavy atom. The van der Waals surface area contributed by atoms with Gasteiger partial charge < -0.3 is 23.7 Å². The minimum atomic E-state index is -0.453. The van der Waals surface area contributed by atoms with Crippen molar-refractivity contribution in [1.29, 1.82) is 0 Å². The quantitative estimate of drug-likeness (QED) is 0.129. The van der Waals surface area contributed by atoms with Crippen molar-refractivity contribution >= 4 is 0 Å². The highest BCUT2D eigenvalue weighted by molar-refractivity contribution is 5.22. The highest BCUT2D eigenvalue weighted by Gasteiger charge is 2.49. The maximum atomic E-state index is 6.94. The molecule has 1 fully saturated rings. The van der Waals surface area contributed by atoms with Crippen LogP contribution in [0.4, 0.5) is 0 Å². The van der Waals surface area contributed by atoms with Crippen molar-refractivity contribution in [2.75, 3.05) is 6.61 Å². The summed E-state index contributed by atoms with van der Waals surface area (Å²) in [6, 6.07) is 51.1. The van der Waals surface area contributed by atoms with E-state index in [0.717, 1.165) is 27.8 Å². The molecule has 1 saturated heterocycles. The molecule has 6 rings (SSSR count). The van der Waals surface area contributed by atoms with Gasteiger partial charge in [0.2, 0.25) is 0 Å². The van der Waals surface area contributed by atoms with Gasteiger partial charge in [-0.15, -0.1) is 0 Å². The van der Waals surface area contributed by atoms with Crippen LogP contribution < -0.4 is 0 Å². The first kappa shape index (κ1) is 30.9. The summed E-state index contributed by atoms with van der Waals surface area (Å²) in [5.74, 6) is 0. The lowest BCUT2D eigenvalue weighted by atomic mass is 9.90. The minimum Gasteiger partial charge on any atom is -0.374 e. The predicted octanol–water partition coefficient (Wildman–Crippen LogP) is 8.10. The second-order valence-electron chi connectivity index (χ2n) is 11.3. The first-order valence-electron chi connectivity index (χ1n) is 15.6. The first-order chi connectivity index (χ1) is 22.3. The molecule has 5 nitrogen and oxygen atoms in total. The highest BCUT2D eigenvalue weighted by atomic mass is 16.6. The van der Waals surface area contributed by atoms with Crippen LogP contribution in [-0.2, 0) is 50.1 Å². The predicted molar refractivity (Wildman–Crippen MR) is 175 cm³/mol. The first-order valence-corrected chi connectivity index (χ1v) is 15.6. The molecule has 230 valence electrons. The van der Waals surface area contributed by atoms with E-state index in [9.17, 15) is 0 Å². The molecule has 0 N–H and O–H groups in total. The van der Waals surface area contributed by atoms with Crippen LogP contribution in [0.1, 0.15) is 33.9 Å². The zero-order valence-corrected chi connectivity index (χ0v) is 25.4. The van der Waals surface area contributed by atoms with Gasteiger partial charge in [0.25, 0.3) is 0 Å². The summed E-state index contributed by atoms with van der Waals surface area (Å²) in [5, 5.41) is 0. The zero-order valence-electron chi connectivity index (χ0n) is 25.4. The fourth-order valence-electron chi connectivity index (χ4n) is 5.70. The number of benzene rings is 5. The average Bonchev–Trinajstić information content (AvgIpc) is 3.11. The average molecular weight is 601 g/mol. The molecule has 0 spiro atoms. The molecule has 0 aliphatic carbocycles. The molecule has 0 bridgehead atoms. The summed E-state index contributed by atoms with van der Waals surface area (Å²) in [4.78, 5) is 0. The van der Waals surface area contributed by atoms with Crippen molar-refractivity contribution in [1.82, 2.24) is 0 Å². The SMILES string of the molecule is c1ccc(COC[C@H]2O[C@H](c3ccccc3)[C@H](OCc3ccccc3)[C@@H](OCc3ccccc3)[C@@H]2OCc2ccccc2)cc1. The summed E-state index contributed by atoms with van der Waals surface area (Å²) in [7, 11) is 0. The third kappa shape index (κ3) is 8.76. The van der Waals surface area contributed by atoms with Gasteiger partial charge in [-0.1, -0.05) is 152 Å². The fraction of sp³-hybridized carbons (Fsp3) is 0.250. The highest BCUT2D eigenvalue weighted by Crippen LogP contribution is 2.38. The molecule has 1 aliphatic rings. The van der Waals surface area contributed by atoms with Crippen LogP contribution in [-0.4, -0.2) is 31.0 Å². The van der Waals surface area contributed by atoms with Gasteiger partial charge in [-0.3, -0.25) is 0 Å². The van der Waals surface area contributed by atoms with E-state index in [1.54, 1.807) is 0 Å². The van der Waals surface area contributed by atoms with Gasteiger partial charge in [0.1, 0.15) is 30.5 Å². The Bertz CT molecular complexity index is 1520. The molecule has 0 amide bonds. The number of ether oxygens (including phenoxy) is 5. The standard InChI is InChI=1S/C40H40O5/c1-6-16-31(17-7-1)26-41-30-36-38(42-27-32-18-8-2-9-19-32)40(44-29-34-22-12-4-13-23-34)39(43-28-33-20-10-3-11-21-33)37(45-36)35-24-14-5-15-25-35/h1-25,36-40H,26-30H2/t36-,37-,38-,39+,40+/m1/s1. The van der Waals surface area contributed by atoms with Crippen LogP contribution in [0.15, 0.2) is 152 Å². The van der Waals surface area contributed by atoms with Gasteiger partial charge in [0, 0.05) is 0 Å². The van der Waals surface area contributed by atoms with Crippen molar-refractivity contribution in [3.63, 3.8) is 0 Å². The third-order valence-electron chi connectivity index (χ3n) is 8.01. The molecule has 5 aromatic rings. The third-order valence-corrected chi connectivity index (χ3v) is 8.01. The molecule has 5 heteroatoms. The second-order valence-corrected chi connectivity index (χ2v) is 11.3. The van der Waals surface area contributed by atoms with Gasteiger partial charge >= 0.3 is 0 Å². The van der Waals surface area contributed by atoms with Crippen molar-refractivity contribution in [3.8, 4) is 0 Å². The Hall–Kier alpha value is -4.10. The number of rotatable bonds is 14. The van der Waals surface area contributed by atoms with Crippen molar-refractivity contribution in [2.24, 2.45) is 0 Å². The number of hydrogen-bond acceptors (Lipinski definition) is 5. The van der Waals surface area contributed by atoms with Crippen LogP contribution in [0.5, 0.6) is 0 Å². The molecule has 0 radical (unpaired) electrons. The van der Waals surface area contributed by atoms with E-state index in [4.69, 9.17) is 23.7 Å². The largest absolute Gasteiger partial charge is 0.374 e. The van der Waals surface area contributed by atoms with Gasteiger partial charge in [-0.2, -0.15) is 0 Å². The molecule has 0 saturated carbocycles.